The molecule has 1 N–H and O–H groups in total. The van der Waals surface area contributed by atoms with Crippen LogP contribution in [0.4, 0.5) is 10.5 Å². The molecule has 5 atom stereocenters. The first kappa shape index (κ1) is 27.3. The number of benzene rings is 3. The van der Waals surface area contributed by atoms with Gasteiger partial charge in [0.1, 0.15) is 16.8 Å². The second kappa shape index (κ2) is 10.1. The summed E-state index contributed by atoms with van der Waals surface area (Å²) in [6.07, 6.45) is -2.35. The molecule has 0 aromatic heterocycles. The highest BCUT2D eigenvalue weighted by Gasteiger charge is 2.69. The van der Waals surface area contributed by atoms with E-state index in [4.69, 9.17) is 9.47 Å². The Morgan fingerprint density at radius 1 is 1.02 bits per heavy atom. The molecule has 208 valence electrons. The number of nitro groups is 1. The molecule has 9 heteroatoms. The van der Waals surface area contributed by atoms with Gasteiger partial charge in [-0.2, -0.15) is 0 Å². The SMILES string of the molecule is COc1ccc2c(c1)[C@]1(C(=O)N2C(=O)OC(C)(C)C)[C@@H](O)C[C@@H](c2ccccc2)[C@H]([N+](=O)[O-])[C@@H]1c1ccccc1. The maximum Gasteiger partial charge on any atom is 0.421 e. The van der Waals surface area contributed by atoms with Crippen molar-refractivity contribution in [1.82, 2.24) is 0 Å². The third kappa shape index (κ3) is 4.30. The fourth-order valence-electron chi connectivity index (χ4n) is 6.39. The highest BCUT2D eigenvalue weighted by molar-refractivity contribution is 6.22. The Morgan fingerprint density at radius 3 is 2.17 bits per heavy atom. The van der Waals surface area contributed by atoms with E-state index in [1.54, 1.807) is 93.6 Å². The van der Waals surface area contributed by atoms with Crippen molar-refractivity contribution in [1.29, 1.82) is 0 Å². The molecule has 2 amide bonds. The Bertz CT molecular complexity index is 1440. The van der Waals surface area contributed by atoms with Crippen LogP contribution in [0.3, 0.4) is 0 Å². The van der Waals surface area contributed by atoms with Gasteiger partial charge in [-0.1, -0.05) is 60.7 Å². The number of hydrogen-bond donors (Lipinski definition) is 1. The molecule has 1 aliphatic heterocycles. The molecule has 40 heavy (non-hydrogen) atoms. The number of aliphatic hydroxyl groups is 1. The van der Waals surface area contributed by atoms with Gasteiger partial charge >= 0.3 is 6.09 Å². The van der Waals surface area contributed by atoms with Crippen LogP contribution < -0.4 is 9.64 Å². The van der Waals surface area contributed by atoms with Crippen molar-refractivity contribution < 1.29 is 29.1 Å². The topological polar surface area (TPSA) is 119 Å². The van der Waals surface area contributed by atoms with Crippen LogP contribution in [0, 0.1) is 10.1 Å². The minimum absolute atomic E-state index is 0.0659. The summed E-state index contributed by atoms with van der Waals surface area (Å²) >= 11 is 0. The van der Waals surface area contributed by atoms with Crippen molar-refractivity contribution in [3.63, 3.8) is 0 Å². The lowest BCUT2D eigenvalue weighted by molar-refractivity contribution is -0.537. The molecule has 1 saturated carbocycles. The van der Waals surface area contributed by atoms with Crippen molar-refractivity contribution in [2.45, 2.75) is 62.2 Å². The molecule has 5 rings (SSSR count). The molecule has 1 spiro atoms. The van der Waals surface area contributed by atoms with Gasteiger partial charge in [-0.15, -0.1) is 0 Å². The zero-order valence-corrected chi connectivity index (χ0v) is 22.8. The summed E-state index contributed by atoms with van der Waals surface area (Å²) in [6, 6.07) is 21.2. The standard InChI is InChI=1S/C31H32N2O7/c1-30(2,3)40-29(36)32-24-16-15-21(39-4)17-23(24)31(28(32)35)25(34)18-22(19-11-7-5-8-12-19)27(33(37)38)26(31)20-13-9-6-10-14-20/h5-17,22,25-27,34H,18H2,1-4H3/t22-,25-,26-,27-,31-/m0/s1. The van der Waals surface area contributed by atoms with Gasteiger partial charge in [0.05, 0.1) is 30.7 Å². The number of imide groups is 1. The van der Waals surface area contributed by atoms with Crippen LogP contribution in [0.25, 0.3) is 0 Å². The molecule has 3 aromatic rings. The molecular weight excluding hydrogens is 512 g/mol. The van der Waals surface area contributed by atoms with Crippen LogP contribution in [0.15, 0.2) is 78.9 Å². The minimum atomic E-state index is -1.86. The van der Waals surface area contributed by atoms with Crippen molar-refractivity contribution in [2.75, 3.05) is 12.0 Å². The van der Waals surface area contributed by atoms with Crippen molar-refractivity contribution in [3.05, 3.63) is 106 Å². The summed E-state index contributed by atoms with van der Waals surface area (Å²) in [5, 5.41) is 25.1. The fourth-order valence-corrected chi connectivity index (χ4v) is 6.39. The van der Waals surface area contributed by atoms with E-state index in [0.717, 1.165) is 4.90 Å². The Balaban J connectivity index is 1.81. The first-order chi connectivity index (χ1) is 19.0. The largest absolute Gasteiger partial charge is 0.497 e. The first-order valence-corrected chi connectivity index (χ1v) is 13.2. The molecule has 0 unspecified atom stereocenters. The quantitative estimate of drug-likeness (QED) is 0.354. The zero-order chi connectivity index (χ0) is 28.8. The summed E-state index contributed by atoms with van der Waals surface area (Å²) in [5.74, 6) is -2.19. The average Bonchev–Trinajstić information content (AvgIpc) is 3.17. The van der Waals surface area contributed by atoms with Crippen LogP contribution in [-0.4, -0.2) is 46.9 Å². The maximum absolute atomic E-state index is 14.7. The van der Waals surface area contributed by atoms with E-state index < -0.39 is 47.0 Å². The molecule has 2 aliphatic rings. The lowest BCUT2D eigenvalue weighted by Gasteiger charge is -2.47. The average molecular weight is 545 g/mol. The number of rotatable bonds is 4. The van der Waals surface area contributed by atoms with Crippen LogP contribution in [0.5, 0.6) is 5.75 Å². The highest BCUT2D eigenvalue weighted by Crippen LogP contribution is 2.60. The maximum atomic E-state index is 14.7. The van der Waals surface area contributed by atoms with E-state index in [1.807, 2.05) is 6.07 Å². The van der Waals surface area contributed by atoms with E-state index in [9.17, 15) is 24.8 Å². The van der Waals surface area contributed by atoms with E-state index in [-0.39, 0.29) is 17.0 Å². The van der Waals surface area contributed by atoms with E-state index in [2.05, 4.69) is 0 Å². The van der Waals surface area contributed by atoms with Crippen molar-refractivity contribution in [3.8, 4) is 5.75 Å². The third-order valence-corrected chi connectivity index (χ3v) is 7.90. The number of nitrogens with zero attached hydrogens (tertiary/aromatic N) is 2. The number of aliphatic hydroxyl groups excluding tert-OH is 1. The molecule has 0 radical (unpaired) electrons. The number of hydrogen-bond acceptors (Lipinski definition) is 7. The molecular formula is C31H32N2O7. The molecule has 9 nitrogen and oxygen atoms in total. The van der Waals surface area contributed by atoms with Gasteiger partial charge in [0.2, 0.25) is 6.04 Å². The Hall–Kier alpha value is -4.24. The van der Waals surface area contributed by atoms with Crippen LogP contribution >= 0.6 is 0 Å². The predicted molar refractivity (Wildman–Crippen MR) is 148 cm³/mol. The molecule has 1 fully saturated rings. The Labute approximate surface area is 232 Å². The summed E-state index contributed by atoms with van der Waals surface area (Å²) in [5.41, 5.74) is -1.06. The molecule has 0 saturated heterocycles. The van der Waals surface area contributed by atoms with Gasteiger partial charge in [0.25, 0.3) is 5.91 Å². The summed E-state index contributed by atoms with van der Waals surface area (Å²) in [6.45, 7) is 5.06. The minimum Gasteiger partial charge on any atom is -0.497 e. The highest BCUT2D eigenvalue weighted by atomic mass is 16.6. The number of fused-ring (bicyclic) bond motifs is 2. The second-order valence-corrected chi connectivity index (χ2v) is 11.3. The van der Waals surface area contributed by atoms with E-state index in [0.29, 0.717) is 22.4 Å². The van der Waals surface area contributed by atoms with Gasteiger partial charge < -0.3 is 14.6 Å². The fraction of sp³-hybridized carbons (Fsp3) is 0.355. The van der Waals surface area contributed by atoms with Crippen molar-refractivity contribution >= 4 is 17.7 Å². The van der Waals surface area contributed by atoms with E-state index in [1.165, 1.54) is 7.11 Å². The normalized spacial score (nSPS) is 25.9. The first-order valence-electron chi connectivity index (χ1n) is 13.2. The third-order valence-electron chi connectivity index (χ3n) is 7.90. The molecule has 1 aliphatic carbocycles. The Morgan fingerprint density at radius 2 is 1.62 bits per heavy atom. The number of amides is 2. The number of ether oxygens (including phenoxy) is 2. The van der Waals surface area contributed by atoms with Gasteiger partial charge in [-0.25, -0.2) is 9.69 Å². The summed E-state index contributed by atoms with van der Waals surface area (Å²) in [7, 11) is 1.47. The van der Waals surface area contributed by atoms with Crippen LogP contribution in [0.1, 0.15) is 55.7 Å². The number of carbonyl (C=O) groups excluding carboxylic acids is 2. The van der Waals surface area contributed by atoms with Crippen LogP contribution in [0.2, 0.25) is 0 Å². The van der Waals surface area contributed by atoms with Gasteiger partial charge in [-0.3, -0.25) is 14.9 Å². The number of methoxy groups -OCH3 is 1. The van der Waals surface area contributed by atoms with E-state index >= 15 is 0 Å². The molecule has 3 aromatic carbocycles. The van der Waals surface area contributed by atoms with Crippen molar-refractivity contribution in [2.24, 2.45) is 0 Å². The smallest absolute Gasteiger partial charge is 0.421 e. The van der Waals surface area contributed by atoms with Gasteiger partial charge in [0.15, 0.2) is 0 Å². The molecule has 1 heterocycles. The second-order valence-electron chi connectivity index (χ2n) is 11.3. The predicted octanol–water partition coefficient (Wildman–Crippen LogP) is 5.19. The number of carbonyl (C=O) groups is 2. The summed E-state index contributed by atoms with van der Waals surface area (Å²) in [4.78, 5) is 41.7. The van der Waals surface area contributed by atoms with Crippen LogP contribution in [-0.2, 0) is 14.9 Å². The zero-order valence-electron chi connectivity index (χ0n) is 22.8. The summed E-state index contributed by atoms with van der Waals surface area (Å²) < 4.78 is 11.1. The number of anilines is 1. The molecule has 0 bridgehead atoms. The van der Waals surface area contributed by atoms with Gasteiger partial charge in [-0.05, 0) is 62.1 Å². The lowest BCUT2D eigenvalue weighted by Crippen LogP contribution is -2.62. The monoisotopic (exact) mass is 544 g/mol. The lowest BCUT2D eigenvalue weighted by atomic mass is 9.54. The van der Waals surface area contributed by atoms with Gasteiger partial charge in [0, 0.05) is 4.92 Å². The Kier molecular flexibility index (Phi) is 6.87.